The zero-order valence-corrected chi connectivity index (χ0v) is 11.9. The fourth-order valence-corrected chi connectivity index (χ4v) is 2.49. The van der Waals surface area contributed by atoms with Crippen molar-refractivity contribution < 1.29 is 14.7 Å². The Hall–Kier alpha value is -1.30. The molecule has 1 aliphatic rings. The number of rotatable bonds is 7. The van der Waals surface area contributed by atoms with E-state index in [-0.39, 0.29) is 12.5 Å². The van der Waals surface area contributed by atoms with Crippen LogP contribution in [0.15, 0.2) is 0 Å². The van der Waals surface area contributed by atoms with Crippen LogP contribution in [0.3, 0.4) is 0 Å². The quantitative estimate of drug-likeness (QED) is 0.677. The van der Waals surface area contributed by atoms with Gasteiger partial charge in [0, 0.05) is 32.6 Å². The fourth-order valence-electron chi connectivity index (χ4n) is 2.49. The van der Waals surface area contributed by atoms with Crippen molar-refractivity contribution in [3.63, 3.8) is 0 Å². The molecule has 0 bridgehead atoms. The highest BCUT2D eigenvalue weighted by molar-refractivity contribution is 5.74. The number of amides is 2. The van der Waals surface area contributed by atoms with Crippen LogP contribution >= 0.6 is 0 Å². The van der Waals surface area contributed by atoms with E-state index in [0.29, 0.717) is 19.0 Å². The molecule has 1 fully saturated rings. The minimum Gasteiger partial charge on any atom is -0.481 e. The van der Waals surface area contributed by atoms with Gasteiger partial charge < -0.3 is 15.3 Å². The molecule has 1 unspecified atom stereocenters. The predicted molar refractivity (Wildman–Crippen MR) is 73.2 cm³/mol. The monoisotopic (exact) mass is 271 g/mol. The first-order chi connectivity index (χ1) is 9.04. The standard InChI is InChI=1S/C13H25N3O3/c1-3-16-9-5-6-11(16)10-15(2)13(19)14-8-4-7-12(17)18/h11H,3-10H2,1-2H3,(H,14,19)(H,17,18). The zero-order valence-electron chi connectivity index (χ0n) is 11.9. The van der Waals surface area contributed by atoms with E-state index in [1.54, 1.807) is 11.9 Å². The van der Waals surface area contributed by atoms with Gasteiger partial charge in [-0.2, -0.15) is 0 Å². The summed E-state index contributed by atoms with van der Waals surface area (Å²) in [6.45, 7) is 5.44. The lowest BCUT2D eigenvalue weighted by molar-refractivity contribution is -0.137. The number of hydrogen-bond donors (Lipinski definition) is 2. The number of carbonyl (C=O) groups is 2. The van der Waals surface area contributed by atoms with E-state index in [1.807, 2.05) is 0 Å². The summed E-state index contributed by atoms with van der Waals surface area (Å²) in [6, 6.07) is 0.341. The lowest BCUT2D eigenvalue weighted by Gasteiger charge is -2.27. The SMILES string of the molecule is CCN1CCCC1CN(C)C(=O)NCCCC(=O)O. The Kier molecular flexibility index (Phi) is 6.62. The molecule has 1 rings (SSSR count). The molecule has 0 aromatic rings. The van der Waals surface area contributed by atoms with Crippen molar-refractivity contribution in [3.8, 4) is 0 Å². The maximum Gasteiger partial charge on any atom is 0.317 e. The predicted octanol–water partition coefficient (Wildman–Crippen LogP) is 0.977. The van der Waals surface area contributed by atoms with E-state index >= 15 is 0 Å². The Bertz CT molecular complexity index is 310. The van der Waals surface area contributed by atoms with Gasteiger partial charge in [0.1, 0.15) is 0 Å². The molecule has 110 valence electrons. The van der Waals surface area contributed by atoms with Gasteiger partial charge in [-0.25, -0.2) is 4.79 Å². The second-order valence-electron chi connectivity index (χ2n) is 5.03. The van der Waals surface area contributed by atoms with Gasteiger partial charge >= 0.3 is 12.0 Å². The van der Waals surface area contributed by atoms with Gasteiger partial charge in [-0.05, 0) is 32.4 Å². The smallest absolute Gasteiger partial charge is 0.317 e. The third-order valence-electron chi connectivity index (χ3n) is 3.58. The average molecular weight is 271 g/mol. The molecule has 1 saturated heterocycles. The number of urea groups is 1. The van der Waals surface area contributed by atoms with Gasteiger partial charge in [-0.15, -0.1) is 0 Å². The third-order valence-corrected chi connectivity index (χ3v) is 3.58. The Morgan fingerprint density at radius 1 is 1.47 bits per heavy atom. The second-order valence-corrected chi connectivity index (χ2v) is 5.03. The lowest BCUT2D eigenvalue weighted by atomic mass is 10.2. The van der Waals surface area contributed by atoms with Gasteiger partial charge in [-0.1, -0.05) is 6.92 Å². The molecule has 0 aromatic carbocycles. The molecule has 0 aromatic heterocycles. The van der Waals surface area contributed by atoms with Crippen LogP contribution in [0.25, 0.3) is 0 Å². The fraction of sp³-hybridized carbons (Fsp3) is 0.846. The van der Waals surface area contributed by atoms with Crippen LogP contribution in [0.1, 0.15) is 32.6 Å². The van der Waals surface area contributed by atoms with Crippen molar-refractivity contribution in [1.82, 2.24) is 15.1 Å². The lowest BCUT2D eigenvalue weighted by Crippen LogP contribution is -2.45. The number of aliphatic carboxylic acids is 1. The van der Waals surface area contributed by atoms with E-state index in [2.05, 4.69) is 17.1 Å². The van der Waals surface area contributed by atoms with Crippen molar-refractivity contribution in [3.05, 3.63) is 0 Å². The molecule has 19 heavy (non-hydrogen) atoms. The maximum absolute atomic E-state index is 11.8. The third kappa shape index (κ3) is 5.46. The van der Waals surface area contributed by atoms with Crippen LogP contribution in [0.5, 0.6) is 0 Å². The Morgan fingerprint density at radius 2 is 2.21 bits per heavy atom. The molecule has 0 radical (unpaired) electrons. The highest BCUT2D eigenvalue weighted by Crippen LogP contribution is 2.17. The molecular weight excluding hydrogens is 246 g/mol. The van der Waals surface area contributed by atoms with E-state index in [9.17, 15) is 9.59 Å². The van der Waals surface area contributed by atoms with E-state index in [0.717, 1.165) is 26.1 Å². The number of nitrogens with one attached hydrogen (secondary N) is 1. The van der Waals surface area contributed by atoms with Crippen molar-refractivity contribution in [2.24, 2.45) is 0 Å². The van der Waals surface area contributed by atoms with Crippen LogP contribution in [-0.4, -0.2) is 66.2 Å². The summed E-state index contributed by atoms with van der Waals surface area (Å²) < 4.78 is 0. The summed E-state index contributed by atoms with van der Waals surface area (Å²) >= 11 is 0. The Morgan fingerprint density at radius 3 is 2.84 bits per heavy atom. The summed E-state index contributed by atoms with van der Waals surface area (Å²) in [5.41, 5.74) is 0. The second kappa shape index (κ2) is 7.99. The molecule has 1 heterocycles. The van der Waals surface area contributed by atoms with Crippen molar-refractivity contribution in [2.75, 3.05) is 33.2 Å². The molecule has 1 aliphatic heterocycles. The minimum atomic E-state index is -0.827. The number of likely N-dealkylation sites (N-methyl/N-ethyl adjacent to an activating group) is 2. The molecule has 6 nitrogen and oxygen atoms in total. The minimum absolute atomic E-state index is 0.0935. The highest BCUT2D eigenvalue weighted by Gasteiger charge is 2.25. The van der Waals surface area contributed by atoms with Crippen LogP contribution in [-0.2, 0) is 4.79 Å². The first-order valence-electron chi connectivity index (χ1n) is 6.99. The van der Waals surface area contributed by atoms with E-state index < -0.39 is 5.97 Å². The number of carboxylic acid groups (broad SMARTS) is 1. The van der Waals surface area contributed by atoms with Gasteiger partial charge in [-0.3, -0.25) is 9.69 Å². The van der Waals surface area contributed by atoms with E-state index in [4.69, 9.17) is 5.11 Å². The number of carbonyl (C=O) groups excluding carboxylic acids is 1. The van der Waals surface area contributed by atoms with Crippen molar-refractivity contribution in [1.29, 1.82) is 0 Å². The van der Waals surface area contributed by atoms with Crippen LogP contribution in [0.2, 0.25) is 0 Å². The zero-order chi connectivity index (χ0) is 14.3. The number of hydrogen-bond acceptors (Lipinski definition) is 3. The van der Waals surface area contributed by atoms with Crippen molar-refractivity contribution in [2.45, 2.75) is 38.6 Å². The highest BCUT2D eigenvalue weighted by atomic mass is 16.4. The summed E-state index contributed by atoms with van der Waals surface area (Å²) in [6.07, 6.45) is 2.91. The summed E-state index contributed by atoms with van der Waals surface area (Å²) in [4.78, 5) is 26.3. The number of likely N-dealkylation sites (tertiary alicyclic amines) is 1. The van der Waals surface area contributed by atoms with Crippen LogP contribution < -0.4 is 5.32 Å². The summed E-state index contributed by atoms with van der Waals surface area (Å²) in [5, 5.41) is 11.3. The summed E-state index contributed by atoms with van der Waals surface area (Å²) in [5.74, 6) is -0.827. The molecule has 0 aliphatic carbocycles. The first-order valence-corrected chi connectivity index (χ1v) is 6.99. The van der Waals surface area contributed by atoms with Gasteiger partial charge in [0.15, 0.2) is 0 Å². The van der Waals surface area contributed by atoms with Crippen LogP contribution in [0.4, 0.5) is 4.79 Å². The Balaban J connectivity index is 2.22. The molecule has 1 atom stereocenters. The molecule has 6 heteroatoms. The molecule has 2 amide bonds. The average Bonchev–Trinajstić information content (AvgIpc) is 2.81. The normalized spacial score (nSPS) is 19.4. The molecule has 0 saturated carbocycles. The largest absolute Gasteiger partial charge is 0.481 e. The van der Waals surface area contributed by atoms with Crippen LogP contribution in [0, 0.1) is 0 Å². The topological polar surface area (TPSA) is 72.9 Å². The van der Waals surface area contributed by atoms with Gasteiger partial charge in [0.2, 0.25) is 0 Å². The van der Waals surface area contributed by atoms with E-state index in [1.165, 1.54) is 6.42 Å². The molecule has 0 spiro atoms. The molecular formula is C13H25N3O3. The first kappa shape index (κ1) is 15.8. The Labute approximate surface area is 114 Å². The maximum atomic E-state index is 11.8. The number of carboxylic acids is 1. The summed E-state index contributed by atoms with van der Waals surface area (Å²) in [7, 11) is 1.79. The molecule has 2 N–H and O–H groups in total. The van der Waals surface area contributed by atoms with Gasteiger partial charge in [0.05, 0.1) is 0 Å². The van der Waals surface area contributed by atoms with Crippen molar-refractivity contribution >= 4 is 12.0 Å². The van der Waals surface area contributed by atoms with Gasteiger partial charge in [0.25, 0.3) is 0 Å². The number of nitrogens with zero attached hydrogens (tertiary/aromatic N) is 2.